The molecule has 0 amide bonds. The fourth-order valence-electron chi connectivity index (χ4n) is 3.43. The third-order valence-corrected chi connectivity index (χ3v) is 5.16. The minimum Gasteiger partial charge on any atom is -0.317 e. The summed E-state index contributed by atoms with van der Waals surface area (Å²) in [5.74, 6) is 0. The van der Waals surface area contributed by atoms with E-state index in [0.29, 0.717) is 6.04 Å². The molecule has 1 aromatic rings. The van der Waals surface area contributed by atoms with Gasteiger partial charge in [-0.1, -0.05) is 0 Å². The summed E-state index contributed by atoms with van der Waals surface area (Å²) >= 11 is 3.58. The van der Waals surface area contributed by atoms with Gasteiger partial charge in [-0.05, 0) is 67.2 Å². The molecule has 5 heteroatoms. The molecule has 0 radical (unpaired) electrons. The van der Waals surface area contributed by atoms with Gasteiger partial charge in [0.05, 0.1) is 12.2 Å². The molecular formula is C14H23BrN4. The van der Waals surface area contributed by atoms with E-state index in [1.54, 1.807) is 0 Å². The number of aromatic nitrogens is 2. The van der Waals surface area contributed by atoms with Crippen LogP contribution in [0.4, 0.5) is 0 Å². The minimum atomic E-state index is 0.574. The Morgan fingerprint density at radius 2 is 1.95 bits per heavy atom. The lowest BCUT2D eigenvalue weighted by atomic mass is 10.00. The summed E-state index contributed by atoms with van der Waals surface area (Å²) in [4.78, 5) is 2.71. The first-order chi connectivity index (χ1) is 9.34. The average Bonchev–Trinajstić information content (AvgIpc) is 2.71. The van der Waals surface area contributed by atoms with Crippen LogP contribution in [0.1, 0.15) is 38.1 Å². The lowest BCUT2D eigenvalue weighted by Crippen LogP contribution is -2.42. The van der Waals surface area contributed by atoms with Crippen molar-refractivity contribution in [2.75, 3.05) is 26.2 Å². The topological polar surface area (TPSA) is 33.1 Å². The van der Waals surface area contributed by atoms with E-state index < -0.39 is 0 Å². The molecule has 0 spiro atoms. The molecule has 106 valence electrons. The quantitative estimate of drug-likeness (QED) is 0.906. The lowest BCUT2D eigenvalue weighted by Gasteiger charge is -2.37. The predicted octanol–water partition coefficient (Wildman–Crippen LogP) is 2.42. The van der Waals surface area contributed by atoms with Gasteiger partial charge in [0, 0.05) is 19.1 Å². The fraction of sp³-hybridized carbons (Fsp3) is 0.786. The van der Waals surface area contributed by atoms with Crippen LogP contribution in [0.3, 0.4) is 0 Å². The highest BCUT2D eigenvalue weighted by molar-refractivity contribution is 9.10. The largest absolute Gasteiger partial charge is 0.317 e. The summed E-state index contributed by atoms with van der Waals surface area (Å²) in [5.41, 5.74) is 0. The molecule has 0 aliphatic carbocycles. The third kappa shape index (κ3) is 3.20. The lowest BCUT2D eigenvalue weighted by molar-refractivity contribution is 0.121. The number of likely N-dealkylation sites (tertiary alicyclic amines) is 1. The first-order valence-electron chi connectivity index (χ1n) is 7.48. The van der Waals surface area contributed by atoms with Crippen LogP contribution in [-0.2, 0) is 0 Å². The van der Waals surface area contributed by atoms with Gasteiger partial charge in [-0.2, -0.15) is 5.10 Å². The molecule has 2 aliphatic heterocycles. The van der Waals surface area contributed by atoms with Gasteiger partial charge in [-0.3, -0.25) is 4.68 Å². The molecule has 0 bridgehead atoms. The van der Waals surface area contributed by atoms with E-state index in [2.05, 4.69) is 35.9 Å². The summed E-state index contributed by atoms with van der Waals surface area (Å²) in [7, 11) is 0. The zero-order chi connectivity index (χ0) is 13.1. The molecule has 4 nitrogen and oxygen atoms in total. The number of nitrogens with one attached hydrogen (secondary N) is 1. The van der Waals surface area contributed by atoms with Crippen molar-refractivity contribution in [1.29, 1.82) is 0 Å². The Kier molecular flexibility index (Phi) is 4.56. The van der Waals surface area contributed by atoms with E-state index in [1.165, 1.54) is 58.3 Å². The Balaban J connectivity index is 1.55. The molecule has 0 aromatic carbocycles. The Hall–Kier alpha value is -0.390. The summed E-state index contributed by atoms with van der Waals surface area (Å²) in [6.07, 6.45) is 8.34. The van der Waals surface area contributed by atoms with E-state index >= 15 is 0 Å². The molecule has 2 aliphatic rings. The number of halogens is 1. The van der Waals surface area contributed by atoms with Gasteiger partial charge in [0.25, 0.3) is 0 Å². The number of piperidine rings is 1. The van der Waals surface area contributed by atoms with Gasteiger partial charge in [0.15, 0.2) is 0 Å². The van der Waals surface area contributed by atoms with Gasteiger partial charge in [-0.15, -0.1) is 0 Å². The zero-order valence-electron chi connectivity index (χ0n) is 11.4. The fourth-order valence-corrected chi connectivity index (χ4v) is 3.93. The molecule has 1 N–H and O–H groups in total. The highest BCUT2D eigenvalue weighted by Crippen LogP contribution is 2.27. The molecule has 3 heterocycles. The maximum absolute atomic E-state index is 4.43. The standard InChI is InChI=1S/C14H23BrN4/c15-14-4-9-17-19(14)13-5-10-18(11-6-13)12-2-1-7-16-8-3-12/h4,9,12-13,16H,1-3,5-8,10-11H2. The second-order valence-electron chi connectivity index (χ2n) is 5.70. The number of rotatable bonds is 2. The van der Waals surface area contributed by atoms with E-state index in [0.717, 1.165) is 10.6 Å². The maximum Gasteiger partial charge on any atom is 0.104 e. The Morgan fingerprint density at radius 1 is 1.11 bits per heavy atom. The number of nitrogens with zero attached hydrogens (tertiary/aromatic N) is 3. The molecule has 1 unspecified atom stereocenters. The number of hydrogen-bond donors (Lipinski definition) is 1. The van der Waals surface area contributed by atoms with E-state index in [4.69, 9.17) is 0 Å². The highest BCUT2D eigenvalue weighted by Gasteiger charge is 2.27. The summed E-state index contributed by atoms with van der Waals surface area (Å²) in [5, 5.41) is 7.94. The van der Waals surface area contributed by atoms with Crippen LogP contribution in [0.15, 0.2) is 16.9 Å². The Labute approximate surface area is 123 Å². The van der Waals surface area contributed by atoms with Crippen molar-refractivity contribution in [3.8, 4) is 0 Å². The second-order valence-corrected chi connectivity index (χ2v) is 6.51. The summed E-state index contributed by atoms with van der Waals surface area (Å²) in [6.45, 7) is 4.84. The molecule has 2 saturated heterocycles. The molecule has 1 atom stereocenters. The molecule has 2 fully saturated rings. The SMILES string of the molecule is Brc1ccnn1C1CCN(C2CCCNCC2)CC1. The highest BCUT2D eigenvalue weighted by atomic mass is 79.9. The third-order valence-electron chi connectivity index (χ3n) is 4.53. The molecular weight excluding hydrogens is 304 g/mol. The normalized spacial score (nSPS) is 27.3. The minimum absolute atomic E-state index is 0.574. The van der Waals surface area contributed by atoms with Crippen molar-refractivity contribution in [2.45, 2.75) is 44.2 Å². The van der Waals surface area contributed by atoms with Gasteiger partial charge >= 0.3 is 0 Å². The van der Waals surface area contributed by atoms with Crippen molar-refractivity contribution in [3.63, 3.8) is 0 Å². The average molecular weight is 327 g/mol. The first-order valence-corrected chi connectivity index (χ1v) is 8.27. The zero-order valence-corrected chi connectivity index (χ0v) is 13.0. The summed E-state index contributed by atoms with van der Waals surface area (Å²) < 4.78 is 3.26. The van der Waals surface area contributed by atoms with Gasteiger partial charge < -0.3 is 10.2 Å². The van der Waals surface area contributed by atoms with Crippen LogP contribution in [0, 0.1) is 0 Å². The van der Waals surface area contributed by atoms with Crippen molar-refractivity contribution in [1.82, 2.24) is 20.0 Å². The molecule has 19 heavy (non-hydrogen) atoms. The molecule has 3 rings (SSSR count). The van der Waals surface area contributed by atoms with Crippen LogP contribution in [0.25, 0.3) is 0 Å². The van der Waals surface area contributed by atoms with Crippen LogP contribution in [0.2, 0.25) is 0 Å². The Bertz CT molecular complexity index is 390. The van der Waals surface area contributed by atoms with Crippen molar-refractivity contribution in [3.05, 3.63) is 16.9 Å². The van der Waals surface area contributed by atoms with Crippen LogP contribution in [0.5, 0.6) is 0 Å². The van der Waals surface area contributed by atoms with Crippen molar-refractivity contribution >= 4 is 15.9 Å². The predicted molar refractivity (Wildman–Crippen MR) is 80.3 cm³/mol. The van der Waals surface area contributed by atoms with E-state index in [-0.39, 0.29) is 0 Å². The van der Waals surface area contributed by atoms with Gasteiger partial charge in [0.1, 0.15) is 4.60 Å². The van der Waals surface area contributed by atoms with Gasteiger partial charge in [0.2, 0.25) is 0 Å². The monoisotopic (exact) mass is 326 g/mol. The van der Waals surface area contributed by atoms with Crippen molar-refractivity contribution < 1.29 is 0 Å². The van der Waals surface area contributed by atoms with Crippen LogP contribution < -0.4 is 5.32 Å². The van der Waals surface area contributed by atoms with Gasteiger partial charge in [-0.25, -0.2) is 0 Å². The first kappa shape index (κ1) is 13.6. The maximum atomic E-state index is 4.43. The van der Waals surface area contributed by atoms with Crippen LogP contribution >= 0.6 is 15.9 Å². The smallest absolute Gasteiger partial charge is 0.104 e. The van der Waals surface area contributed by atoms with E-state index in [1.807, 2.05) is 12.3 Å². The Morgan fingerprint density at radius 3 is 2.68 bits per heavy atom. The van der Waals surface area contributed by atoms with Crippen LogP contribution in [-0.4, -0.2) is 46.9 Å². The van der Waals surface area contributed by atoms with E-state index in [9.17, 15) is 0 Å². The number of hydrogen-bond acceptors (Lipinski definition) is 3. The summed E-state index contributed by atoms with van der Waals surface area (Å²) in [6, 6.07) is 3.41. The molecule has 1 aromatic heterocycles. The van der Waals surface area contributed by atoms with Crippen molar-refractivity contribution in [2.24, 2.45) is 0 Å². The molecule has 0 saturated carbocycles. The second kappa shape index (κ2) is 6.37.